The minimum absolute atomic E-state index is 0.0223. The zero-order valence-corrected chi connectivity index (χ0v) is 9.46. The average molecular weight is 260 g/mol. The maximum absolute atomic E-state index is 12.4. The first kappa shape index (κ1) is 11.9. The van der Waals surface area contributed by atoms with E-state index in [0.29, 0.717) is 5.16 Å². The lowest BCUT2D eigenvalue weighted by atomic mass is 10.4. The fourth-order valence-corrected chi connectivity index (χ4v) is 1.82. The maximum atomic E-state index is 12.4. The van der Waals surface area contributed by atoms with E-state index in [1.54, 1.807) is 24.0 Å². The van der Waals surface area contributed by atoms with Crippen LogP contribution >= 0.6 is 11.8 Å². The highest BCUT2D eigenvalue weighted by Crippen LogP contribution is 2.29. The molecule has 0 N–H and O–H groups in total. The standard InChI is InChI=1S/C9H7F3N4S/c1-16-5-4-14-8(16)17-7-13-3-2-6(15-7)9(10,11)12/h2-5H,1H3. The van der Waals surface area contributed by atoms with Gasteiger partial charge >= 0.3 is 6.18 Å². The summed E-state index contributed by atoms with van der Waals surface area (Å²) >= 11 is 0.981. The molecular weight excluding hydrogens is 253 g/mol. The van der Waals surface area contributed by atoms with Crippen molar-refractivity contribution in [3.05, 3.63) is 30.4 Å². The van der Waals surface area contributed by atoms with E-state index < -0.39 is 11.9 Å². The Morgan fingerprint density at radius 2 is 2.00 bits per heavy atom. The van der Waals surface area contributed by atoms with Gasteiger partial charge in [0.2, 0.25) is 0 Å². The fourth-order valence-electron chi connectivity index (χ4n) is 1.08. The van der Waals surface area contributed by atoms with Crippen LogP contribution in [0, 0.1) is 0 Å². The number of nitrogens with zero attached hydrogens (tertiary/aromatic N) is 4. The molecule has 0 saturated heterocycles. The van der Waals surface area contributed by atoms with Crippen LogP contribution in [-0.2, 0) is 13.2 Å². The van der Waals surface area contributed by atoms with Gasteiger partial charge in [-0.3, -0.25) is 0 Å². The highest BCUT2D eigenvalue weighted by molar-refractivity contribution is 7.99. The van der Waals surface area contributed by atoms with Crippen molar-refractivity contribution in [1.29, 1.82) is 0 Å². The Bertz CT molecular complexity index is 523. The molecule has 0 saturated carbocycles. The smallest absolute Gasteiger partial charge is 0.329 e. The van der Waals surface area contributed by atoms with Crippen LogP contribution in [0.5, 0.6) is 0 Å². The lowest BCUT2D eigenvalue weighted by Crippen LogP contribution is -2.08. The Labute approximate surface area is 98.9 Å². The molecule has 0 spiro atoms. The van der Waals surface area contributed by atoms with E-state index in [9.17, 15) is 13.2 Å². The molecule has 0 aromatic carbocycles. The van der Waals surface area contributed by atoms with E-state index in [1.165, 1.54) is 0 Å². The van der Waals surface area contributed by atoms with Gasteiger partial charge in [0.25, 0.3) is 0 Å². The SMILES string of the molecule is Cn1ccnc1Sc1nccc(C(F)(F)F)n1. The van der Waals surface area contributed by atoms with Crippen molar-refractivity contribution in [3.8, 4) is 0 Å². The van der Waals surface area contributed by atoms with Crippen molar-refractivity contribution in [2.45, 2.75) is 16.5 Å². The van der Waals surface area contributed by atoms with Crippen LogP contribution < -0.4 is 0 Å². The van der Waals surface area contributed by atoms with Crippen LogP contribution in [0.2, 0.25) is 0 Å². The molecule has 8 heteroatoms. The number of imidazole rings is 1. The molecule has 2 aromatic rings. The molecule has 90 valence electrons. The predicted molar refractivity (Wildman–Crippen MR) is 54.4 cm³/mol. The molecular formula is C9H7F3N4S. The Morgan fingerprint density at radius 1 is 1.24 bits per heavy atom. The first-order valence-electron chi connectivity index (χ1n) is 4.52. The molecule has 0 fully saturated rings. The van der Waals surface area contributed by atoms with E-state index in [1.807, 2.05) is 0 Å². The average Bonchev–Trinajstić information content (AvgIpc) is 2.64. The van der Waals surface area contributed by atoms with Crippen molar-refractivity contribution in [1.82, 2.24) is 19.5 Å². The molecule has 0 aliphatic rings. The molecule has 2 rings (SSSR count). The van der Waals surface area contributed by atoms with Crippen LogP contribution in [0.3, 0.4) is 0 Å². The number of aromatic nitrogens is 4. The quantitative estimate of drug-likeness (QED) is 0.778. The molecule has 2 aromatic heterocycles. The van der Waals surface area contributed by atoms with Crippen LogP contribution in [0.25, 0.3) is 0 Å². The third kappa shape index (κ3) is 2.76. The van der Waals surface area contributed by atoms with Crippen molar-refractivity contribution in [3.63, 3.8) is 0 Å². The largest absolute Gasteiger partial charge is 0.433 e. The number of alkyl halides is 3. The first-order valence-corrected chi connectivity index (χ1v) is 5.34. The van der Waals surface area contributed by atoms with Gasteiger partial charge in [0, 0.05) is 25.6 Å². The maximum Gasteiger partial charge on any atom is 0.433 e. The lowest BCUT2D eigenvalue weighted by Gasteiger charge is -2.06. The monoisotopic (exact) mass is 260 g/mol. The summed E-state index contributed by atoms with van der Waals surface area (Å²) in [4.78, 5) is 11.2. The fraction of sp³-hybridized carbons (Fsp3) is 0.222. The minimum Gasteiger partial charge on any atom is -0.329 e. The first-order chi connectivity index (χ1) is 7.97. The Hall–Kier alpha value is -1.57. The summed E-state index contributed by atoms with van der Waals surface area (Å²) in [6, 6.07) is 0.836. The van der Waals surface area contributed by atoms with Crippen LogP contribution in [0.1, 0.15) is 5.69 Å². The van der Waals surface area contributed by atoms with Gasteiger partial charge in [-0.05, 0) is 17.8 Å². The number of halogens is 3. The molecule has 0 amide bonds. The number of aryl methyl sites for hydroxylation is 1. The van der Waals surface area contributed by atoms with Crippen molar-refractivity contribution < 1.29 is 13.2 Å². The summed E-state index contributed by atoms with van der Waals surface area (Å²) in [7, 11) is 1.74. The van der Waals surface area contributed by atoms with Crippen LogP contribution in [0.15, 0.2) is 35.0 Å². The molecule has 17 heavy (non-hydrogen) atoms. The molecule has 0 aliphatic heterocycles. The number of rotatable bonds is 2. The molecule has 4 nitrogen and oxygen atoms in total. The van der Waals surface area contributed by atoms with Crippen molar-refractivity contribution >= 4 is 11.8 Å². The summed E-state index contributed by atoms with van der Waals surface area (Å²) in [6.07, 6.45) is -0.132. The van der Waals surface area contributed by atoms with E-state index in [4.69, 9.17) is 0 Å². The van der Waals surface area contributed by atoms with Gasteiger partial charge in [0.05, 0.1) is 0 Å². The van der Waals surface area contributed by atoms with Gasteiger partial charge in [-0.15, -0.1) is 0 Å². The second kappa shape index (κ2) is 4.36. The second-order valence-corrected chi connectivity index (χ2v) is 4.08. The van der Waals surface area contributed by atoms with Gasteiger partial charge in [0.15, 0.2) is 10.3 Å². The molecule has 0 atom stereocenters. The molecule has 0 aliphatic carbocycles. The zero-order chi connectivity index (χ0) is 12.5. The van der Waals surface area contributed by atoms with Crippen LogP contribution in [0.4, 0.5) is 13.2 Å². The Kier molecular flexibility index (Phi) is 3.05. The summed E-state index contributed by atoms with van der Waals surface area (Å²) in [5.41, 5.74) is -0.954. The normalized spacial score (nSPS) is 11.8. The van der Waals surface area contributed by atoms with Gasteiger partial charge in [-0.2, -0.15) is 13.2 Å². The second-order valence-electron chi connectivity index (χ2n) is 3.14. The van der Waals surface area contributed by atoms with Crippen molar-refractivity contribution in [2.75, 3.05) is 0 Å². The highest BCUT2D eigenvalue weighted by Gasteiger charge is 2.32. The van der Waals surface area contributed by atoms with E-state index in [-0.39, 0.29) is 5.16 Å². The minimum atomic E-state index is -4.46. The molecule has 2 heterocycles. The van der Waals surface area contributed by atoms with Gasteiger partial charge < -0.3 is 4.57 Å². The van der Waals surface area contributed by atoms with Crippen LogP contribution in [-0.4, -0.2) is 19.5 Å². The van der Waals surface area contributed by atoms with Gasteiger partial charge in [0.1, 0.15) is 5.69 Å². The summed E-state index contributed by atoms with van der Waals surface area (Å²) in [6.45, 7) is 0. The van der Waals surface area contributed by atoms with Gasteiger partial charge in [-0.25, -0.2) is 15.0 Å². The van der Waals surface area contributed by atoms with Crippen molar-refractivity contribution in [2.24, 2.45) is 7.05 Å². The zero-order valence-electron chi connectivity index (χ0n) is 8.64. The Balaban J connectivity index is 2.26. The lowest BCUT2D eigenvalue weighted by molar-refractivity contribution is -0.141. The van der Waals surface area contributed by atoms with E-state index in [0.717, 1.165) is 24.0 Å². The Morgan fingerprint density at radius 3 is 2.59 bits per heavy atom. The topological polar surface area (TPSA) is 43.6 Å². The number of hydrogen-bond acceptors (Lipinski definition) is 4. The summed E-state index contributed by atoms with van der Waals surface area (Å²) in [5, 5.41) is 0.554. The number of hydrogen-bond donors (Lipinski definition) is 0. The predicted octanol–water partition coefficient (Wildman–Crippen LogP) is 2.38. The molecule has 0 radical (unpaired) electrons. The highest BCUT2D eigenvalue weighted by atomic mass is 32.2. The summed E-state index contributed by atoms with van der Waals surface area (Å²) < 4.78 is 38.9. The third-order valence-corrected chi connectivity index (χ3v) is 2.84. The molecule has 0 unspecified atom stereocenters. The summed E-state index contributed by atoms with van der Waals surface area (Å²) in [5.74, 6) is 0. The molecule has 0 bridgehead atoms. The van der Waals surface area contributed by atoms with E-state index >= 15 is 0 Å². The third-order valence-electron chi connectivity index (χ3n) is 1.88. The van der Waals surface area contributed by atoms with E-state index in [2.05, 4.69) is 15.0 Å². The van der Waals surface area contributed by atoms with Gasteiger partial charge in [-0.1, -0.05) is 0 Å².